The first kappa shape index (κ1) is 19.1. The fourth-order valence-electron chi connectivity index (χ4n) is 5.11. The average molecular weight is 422 g/mol. The molecule has 0 N–H and O–H groups in total. The van der Waals surface area contributed by atoms with E-state index in [4.69, 9.17) is 16.3 Å². The molecular formula is C24H20ClNO4. The highest BCUT2D eigenvalue weighted by atomic mass is 35.5. The molecule has 3 aliphatic rings. The summed E-state index contributed by atoms with van der Waals surface area (Å²) in [6.07, 6.45) is 3.06. The second kappa shape index (κ2) is 7.10. The molecule has 1 heterocycles. The van der Waals surface area contributed by atoms with E-state index in [1.807, 2.05) is 6.92 Å². The fraction of sp³-hybridized carbons (Fsp3) is 0.292. The van der Waals surface area contributed by atoms with Crippen LogP contribution in [0, 0.1) is 23.7 Å². The van der Waals surface area contributed by atoms with Crippen LogP contribution in [0.4, 0.5) is 5.69 Å². The Balaban J connectivity index is 1.32. The van der Waals surface area contributed by atoms with Crippen LogP contribution in [-0.4, -0.2) is 24.2 Å². The molecule has 5 rings (SSSR count). The number of ether oxygens (including phenoxy) is 1. The minimum absolute atomic E-state index is 0.126. The summed E-state index contributed by atoms with van der Waals surface area (Å²) in [6.45, 7) is 1.90. The van der Waals surface area contributed by atoms with E-state index in [1.165, 1.54) is 10.5 Å². The van der Waals surface area contributed by atoms with Gasteiger partial charge in [0.05, 0.1) is 17.5 Å². The first-order chi connectivity index (χ1) is 14.4. The molecule has 5 nitrogen and oxygen atoms in total. The quantitative estimate of drug-likeness (QED) is 0.410. The van der Waals surface area contributed by atoms with Crippen LogP contribution < -0.4 is 9.64 Å². The largest absolute Gasteiger partial charge is 0.485 e. The van der Waals surface area contributed by atoms with Gasteiger partial charge in [0.25, 0.3) is 0 Å². The summed E-state index contributed by atoms with van der Waals surface area (Å²) in [5.41, 5.74) is 2.22. The second-order valence-corrected chi connectivity index (χ2v) is 8.63. The van der Waals surface area contributed by atoms with Gasteiger partial charge in [-0.15, -0.1) is 0 Å². The predicted molar refractivity (Wildman–Crippen MR) is 113 cm³/mol. The number of hydrogen-bond donors (Lipinski definition) is 0. The molecule has 0 spiro atoms. The summed E-state index contributed by atoms with van der Waals surface area (Å²) in [6, 6.07) is 13.4. The third-order valence-corrected chi connectivity index (χ3v) is 6.74. The van der Waals surface area contributed by atoms with Gasteiger partial charge in [-0.1, -0.05) is 29.3 Å². The van der Waals surface area contributed by atoms with Crippen molar-refractivity contribution in [2.75, 3.05) is 11.5 Å². The van der Waals surface area contributed by atoms with Gasteiger partial charge in [-0.3, -0.25) is 14.4 Å². The predicted octanol–water partition coefficient (Wildman–Crippen LogP) is 4.30. The van der Waals surface area contributed by atoms with Gasteiger partial charge < -0.3 is 4.74 Å². The lowest BCUT2D eigenvalue weighted by Crippen LogP contribution is -2.32. The third-order valence-electron chi connectivity index (χ3n) is 6.49. The lowest BCUT2D eigenvalue weighted by molar-refractivity contribution is -0.123. The molecule has 2 aromatic rings. The van der Waals surface area contributed by atoms with Gasteiger partial charge in [-0.05, 0) is 61.6 Å². The van der Waals surface area contributed by atoms with Crippen LogP contribution in [-0.2, 0) is 9.59 Å². The number of Topliss-reactive ketones (excluding diaryl/α,β-unsaturated/α-hetero) is 1. The number of nitrogens with zero attached hydrogens (tertiary/aromatic N) is 1. The Kier molecular flexibility index (Phi) is 4.51. The Labute approximate surface area is 179 Å². The van der Waals surface area contributed by atoms with Crippen LogP contribution in [0.25, 0.3) is 0 Å². The lowest BCUT2D eigenvalue weighted by Gasteiger charge is -2.19. The minimum atomic E-state index is -0.248. The standard InChI is InChI=1S/C24H20ClNO4/c1-13-9-15-10-19(13)22-21(15)23(28)26(24(22)29)17-3-2-4-18(11-17)30-12-20(27)14-5-7-16(25)8-6-14/h2-9,11,15,19,21-22H,10,12H2,1H3/t15-,19-,21+,22+/m0/s1. The topological polar surface area (TPSA) is 63.7 Å². The molecular weight excluding hydrogens is 402 g/mol. The van der Waals surface area contributed by atoms with Gasteiger partial charge in [0, 0.05) is 16.7 Å². The number of allylic oxidation sites excluding steroid dienone is 2. The van der Waals surface area contributed by atoms with Crippen LogP contribution in [0.5, 0.6) is 5.75 Å². The zero-order valence-corrected chi connectivity index (χ0v) is 17.1. The minimum Gasteiger partial charge on any atom is -0.485 e. The van der Waals surface area contributed by atoms with Gasteiger partial charge in [-0.25, -0.2) is 4.90 Å². The maximum Gasteiger partial charge on any atom is 0.238 e. The van der Waals surface area contributed by atoms with Crippen LogP contribution >= 0.6 is 11.6 Å². The molecule has 0 radical (unpaired) electrons. The Hall–Kier alpha value is -2.92. The van der Waals surface area contributed by atoms with Gasteiger partial charge >= 0.3 is 0 Å². The summed E-state index contributed by atoms with van der Waals surface area (Å²) < 4.78 is 5.65. The summed E-state index contributed by atoms with van der Waals surface area (Å²) in [7, 11) is 0. The zero-order valence-electron chi connectivity index (χ0n) is 16.4. The number of amides is 2. The van der Waals surface area contributed by atoms with Crippen LogP contribution in [0.3, 0.4) is 0 Å². The maximum atomic E-state index is 13.1. The number of carbonyl (C=O) groups excluding carboxylic acids is 3. The van der Waals surface area contributed by atoms with Crippen molar-refractivity contribution in [2.45, 2.75) is 13.3 Å². The molecule has 2 aliphatic carbocycles. The number of imide groups is 1. The molecule has 1 aliphatic heterocycles. The van der Waals surface area contributed by atoms with Crippen LogP contribution in [0.15, 0.2) is 60.2 Å². The number of halogens is 1. The summed E-state index contributed by atoms with van der Waals surface area (Å²) in [4.78, 5) is 39.8. The molecule has 2 amide bonds. The molecule has 1 saturated carbocycles. The van der Waals surface area contributed by atoms with Crippen molar-refractivity contribution in [1.82, 2.24) is 0 Å². The second-order valence-electron chi connectivity index (χ2n) is 8.20. The Bertz CT molecular complexity index is 1090. The van der Waals surface area contributed by atoms with Crippen molar-refractivity contribution < 1.29 is 19.1 Å². The zero-order chi connectivity index (χ0) is 21.0. The highest BCUT2D eigenvalue weighted by Gasteiger charge is 2.60. The molecule has 2 fully saturated rings. The lowest BCUT2D eigenvalue weighted by atomic mass is 9.82. The van der Waals surface area contributed by atoms with Crippen molar-refractivity contribution in [2.24, 2.45) is 23.7 Å². The molecule has 6 heteroatoms. The number of ketones is 1. The first-order valence-corrected chi connectivity index (χ1v) is 10.4. The Morgan fingerprint density at radius 1 is 1.10 bits per heavy atom. The maximum absolute atomic E-state index is 13.1. The average Bonchev–Trinajstić information content (AvgIpc) is 3.37. The van der Waals surface area contributed by atoms with Crippen molar-refractivity contribution in [3.05, 3.63) is 70.8 Å². The smallest absolute Gasteiger partial charge is 0.238 e. The normalized spacial score (nSPS) is 26.7. The SMILES string of the molecule is CC1=C[C@H]2C[C@@H]1[C@H]1C(=O)N(c3cccc(OCC(=O)c4ccc(Cl)cc4)c3)C(=O)[C@@H]12. The van der Waals surface area contributed by atoms with Crippen molar-refractivity contribution in [3.8, 4) is 5.75 Å². The summed E-state index contributed by atoms with van der Waals surface area (Å²) in [5, 5.41) is 0.559. The third kappa shape index (κ3) is 2.96. The Morgan fingerprint density at radius 2 is 1.83 bits per heavy atom. The van der Waals surface area contributed by atoms with E-state index < -0.39 is 0 Å². The molecule has 2 bridgehead atoms. The van der Waals surface area contributed by atoms with E-state index in [0.717, 1.165) is 6.42 Å². The highest BCUT2D eigenvalue weighted by molar-refractivity contribution is 6.30. The number of fused-ring (bicyclic) bond motifs is 5. The van der Waals surface area contributed by atoms with E-state index in [2.05, 4.69) is 6.08 Å². The van der Waals surface area contributed by atoms with Crippen molar-refractivity contribution in [1.29, 1.82) is 0 Å². The number of rotatable bonds is 5. The molecule has 152 valence electrons. The summed E-state index contributed by atoms with van der Waals surface area (Å²) >= 11 is 5.85. The van der Waals surface area contributed by atoms with Gasteiger partial charge in [0.2, 0.25) is 11.8 Å². The van der Waals surface area contributed by atoms with Crippen molar-refractivity contribution in [3.63, 3.8) is 0 Å². The monoisotopic (exact) mass is 421 g/mol. The number of carbonyl (C=O) groups is 3. The van der Waals surface area contributed by atoms with E-state index in [0.29, 0.717) is 22.0 Å². The summed E-state index contributed by atoms with van der Waals surface area (Å²) in [5.74, 6) is -0.153. The van der Waals surface area contributed by atoms with Gasteiger partial charge in [-0.2, -0.15) is 0 Å². The molecule has 4 atom stereocenters. The first-order valence-electron chi connectivity index (χ1n) is 10.0. The molecule has 30 heavy (non-hydrogen) atoms. The fourth-order valence-corrected chi connectivity index (χ4v) is 5.24. The van der Waals surface area contributed by atoms with Crippen LogP contribution in [0.2, 0.25) is 5.02 Å². The molecule has 0 aromatic heterocycles. The number of benzene rings is 2. The van der Waals surface area contributed by atoms with E-state index in [9.17, 15) is 14.4 Å². The highest BCUT2D eigenvalue weighted by Crippen LogP contribution is 2.55. The molecule has 1 saturated heterocycles. The van der Waals surface area contributed by atoms with Gasteiger partial charge in [0.15, 0.2) is 12.4 Å². The number of anilines is 1. The van der Waals surface area contributed by atoms with E-state index in [-0.39, 0.29) is 47.9 Å². The molecule has 2 aromatic carbocycles. The van der Waals surface area contributed by atoms with Gasteiger partial charge in [0.1, 0.15) is 5.75 Å². The Morgan fingerprint density at radius 3 is 2.60 bits per heavy atom. The number of hydrogen-bond acceptors (Lipinski definition) is 4. The molecule has 0 unspecified atom stereocenters. The van der Waals surface area contributed by atoms with Crippen LogP contribution in [0.1, 0.15) is 23.7 Å². The van der Waals surface area contributed by atoms with E-state index >= 15 is 0 Å². The van der Waals surface area contributed by atoms with Crippen molar-refractivity contribution >= 4 is 34.9 Å². The van der Waals surface area contributed by atoms with E-state index in [1.54, 1.807) is 48.5 Å².